The first-order valence-corrected chi connectivity index (χ1v) is 12.1. The van der Waals surface area contributed by atoms with Crippen LogP contribution in [0, 0.1) is 0 Å². The second-order valence-electron chi connectivity index (χ2n) is 7.08. The summed E-state index contributed by atoms with van der Waals surface area (Å²) in [6.45, 7) is 7.30. The van der Waals surface area contributed by atoms with Crippen LogP contribution in [0.15, 0.2) is 41.3 Å². The monoisotopic (exact) mass is 379 g/mol. The Balaban J connectivity index is 2.33. The maximum Gasteiger partial charge on any atom is 0.337 e. The zero-order valence-corrected chi connectivity index (χ0v) is 16.3. The predicted octanol–water partition coefficient (Wildman–Crippen LogP) is 4.18. The number of rotatable bonds is 7. The lowest BCUT2D eigenvalue weighted by atomic mass is 10.1. The van der Waals surface area contributed by atoms with Crippen LogP contribution in [0.5, 0.6) is 0 Å². The fourth-order valence-corrected chi connectivity index (χ4v) is 3.20. The lowest BCUT2D eigenvalue weighted by molar-refractivity contribution is 0.0689. The first kappa shape index (κ1) is 19.4. The van der Waals surface area contributed by atoms with Crippen molar-refractivity contribution >= 4 is 25.6 Å². The van der Waals surface area contributed by atoms with Crippen LogP contribution in [-0.2, 0) is 11.5 Å². The van der Waals surface area contributed by atoms with E-state index in [1.54, 1.807) is 24.3 Å². The summed E-state index contributed by atoms with van der Waals surface area (Å²) in [6.07, 6.45) is 1.31. The van der Waals surface area contributed by atoms with E-state index in [1.165, 1.54) is 16.8 Å². The summed E-state index contributed by atoms with van der Waals surface area (Å²) in [4.78, 5) is 24.1. The van der Waals surface area contributed by atoms with Gasteiger partial charge in [0.2, 0.25) is 0 Å². The van der Waals surface area contributed by atoms with E-state index in [9.17, 15) is 14.7 Å². The topological polar surface area (TPSA) is 68.5 Å². The van der Waals surface area contributed by atoms with Crippen molar-refractivity contribution in [3.8, 4) is 11.1 Å². The van der Waals surface area contributed by atoms with Crippen molar-refractivity contribution in [2.75, 3.05) is 6.61 Å². The zero-order valence-electron chi connectivity index (χ0n) is 14.6. The number of aromatic nitrogens is 1. The molecule has 25 heavy (non-hydrogen) atoms. The third-order valence-corrected chi connectivity index (χ3v) is 5.63. The van der Waals surface area contributed by atoms with E-state index in [2.05, 4.69) is 19.6 Å². The van der Waals surface area contributed by atoms with Crippen molar-refractivity contribution in [2.24, 2.45) is 0 Å². The van der Waals surface area contributed by atoms with Gasteiger partial charge in [-0.15, -0.1) is 0 Å². The summed E-state index contributed by atoms with van der Waals surface area (Å²) < 4.78 is 6.90. The summed E-state index contributed by atoms with van der Waals surface area (Å²) >= 11 is 5.99. The van der Waals surface area contributed by atoms with Gasteiger partial charge in [0.25, 0.3) is 5.56 Å². The van der Waals surface area contributed by atoms with E-state index in [0.717, 1.165) is 6.04 Å². The van der Waals surface area contributed by atoms with Crippen molar-refractivity contribution in [1.29, 1.82) is 0 Å². The highest BCUT2D eigenvalue weighted by molar-refractivity contribution is 6.76. The van der Waals surface area contributed by atoms with Gasteiger partial charge < -0.3 is 9.84 Å². The largest absolute Gasteiger partial charge is 0.478 e. The Bertz CT molecular complexity index is 827. The van der Waals surface area contributed by atoms with Crippen LogP contribution in [0.2, 0.25) is 30.7 Å². The van der Waals surface area contributed by atoms with Crippen LogP contribution in [0.4, 0.5) is 0 Å². The Morgan fingerprint density at radius 3 is 2.60 bits per heavy atom. The molecule has 7 heteroatoms. The average molecular weight is 380 g/mol. The van der Waals surface area contributed by atoms with Crippen LogP contribution in [-0.4, -0.2) is 30.3 Å². The fourth-order valence-electron chi connectivity index (χ4n) is 2.25. The molecule has 0 unspecified atom stereocenters. The summed E-state index contributed by atoms with van der Waals surface area (Å²) in [5.74, 6) is -1.10. The van der Waals surface area contributed by atoms with Gasteiger partial charge in [0.1, 0.15) is 6.73 Å². The van der Waals surface area contributed by atoms with Gasteiger partial charge in [-0.1, -0.05) is 43.4 Å². The molecule has 0 aliphatic carbocycles. The number of carboxylic acid groups (broad SMARTS) is 1. The van der Waals surface area contributed by atoms with Gasteiger partial charge in [-0.05, 0) is 29.8 Å². The molecule has 0 spiro atoms. The molecule has 0 atom stereocenters. The number of hydrogen-bond acceptors (Lipinski definition) is 3. The lowest BCUT2D eigenvalue weighted by Crippen LogP contribution is -2.26. The third-order valence-electron chi connectivity index (χ3n) is 3.70. The molecule has 1 aromatic carbocycles. The minimum atomic E-state index is -1.23. The second-order valence-corrected chi connectivity index (χ2v) is 13.1. The third kappa shape index (κ3) is 5.56. The Morgan fingerprint density at radius 1 is 1.28 bits per heavy atom. The molecule has 1 N–H and O–H groups in total. The van der Waals surface area contributed by atoms with E-state index in [1.807, 2.05) is 0 Å². The Labute approximate surface area is 152 Å². The molecule has 0 saturated heterocycles. The van der Waals surface area contributed by atoms with E-state index in [-0.39, 0.29) is 23.4 Å². The highest BCUT2D eigenvalue weighted by Gasteiger charge is 2.15. The van der Waals surface area contributed by atoms with E-state index >= 15 is 0 Å². The maximum atomic E-state index is 12.7. The molecule has 1 heterocycles. The number of pyridine rings is 1. The maximum absolute atomic E-state index is 12.7. The smallest absolute Gasteiger partial charge is 0.337 e. The molecule has 0 bridgehead atoms. The first-order valence-electron chi connectivity index (χ1n) is 7.99. The Morgan fingerprint density at radius 2 is 2.00 bits per heavy atom. The van der Waals surface area contributed by atoms with E-state index in [0.29, 0.717) is 17.2 Å². The number of halogens is 1. The van der Waals surface area contributed by atoms with Crippen LogP contribution in [0.25, 0.3) is 11.1 Å². The van der Waals surface area contributed by atoms with Gasteiger partial charge in [-0.25, -0.2) is 4.79 Å². The summed E-state index contributed by atoms with van der Waals surface area (Å²) in [7, 11) is -1.23. The highest BCUT2D eigenvalue weighted by atomic mass is 35.5. The van der Waals surface area contributed by atoms with Crippen molar-refractivity contribution < 1.29 is 14.6 Å². The number of benzene rings is 1. The van der Waals surface area contributed by atoms with E-state index in [4.69, 9.17) is 16.3 Å². The Hall–Kier alpha value is -1.89. The van der Waals surface area contributed by atoms with Crippen LogP contribution in [0.1, 0.15) is 10.4 Å². The molecule has 0 aliphatic rings. The fraction of sp³-hybridized carbons (Fsp3) is 0.333. The normalized spacial score (nSPS) is 11.5. The predicted molar refractivity (Wildman–Crippen MR) is 102 cm³/mol. The molecule has 1 aromatic heterocycles. The first-order chi connectivity index (χ1) is 11.7. The highest BCUT2D eigenvalue weighted by Crippen LogP contribution is 2.21. The molecule has 5 nitrogen and oxygen atoms in total. The van der Waals surface area contributed by atoms with Gasteiger partial charge in [0.05, 0.1) is 5.56 Å². The molecule has 0 radical (unpaired) electrons. The second kappa shape index (κ2) is 7.99. The number of carbonyl (C=O) groups is 1. The minimum absolute atomic E-state index is 0.0258. The molecular weight excluding hydrogens is 358 g/mol. The van der Waals surface area contributed by atoms with Crippen LogP contribution < -0.4 is 5.56 Å². The van der Waals surface area contributed by atoms with E-state index < -0.39 is 14.0 Å². The number of aromatic carboxylic acids is 1. The molecule has 0 saturated carbocycles. The standard InChI is InChI=1S/C18H22ClNO4Si/c1-25(2,3)8-7-24-12-20-11-14(18(22)23)10-16(17(20)21)13-5-4-6-15(19)9-13/h4-6,9-11H,7-8,12H2,1-3H3,(H,22,23). The van der Waals surface area contributed by atoms with Gasteiger partial charge >= 0.3 is 5.97 Å². The molecule has 2 aromatic rings. The molecular formula is C18H22ClNO4Si. The van der Waals surface area contributed by atoms with Crippen LogP contribution >= 0.6 is 11.6 Å². The van der Waals surface area contributed by atoms with Gasteiger partial charge in [0, 0.05) is 31.5 Å². The minimum Gasteiger partial charge on any atom is -0.478 e. The van der Waals surface area contributed by atoms with Gasteiger partial charge in [0.15, 0.2) is 0 Å². The lowest BCUT2D eigenvalue weighted by Gasteiger charge is -2.16. The summed E-state index contributed by atoms with van der Waals surface area (Å²) in [5, 5.41) is 9.81. The summed E-state index contributed by atoms with van der Waals surface area (Å²) in [5.41, 5.74) is 0.594. The van der Waals surface area contributed by atoms with Gasteiger partial charge in [-0.3, -0.25) is 9.36 Å². The Kier molecular flexibility index (Phi) is 6.21. The number of nitrogens with zero attached hydrogens (tertiary/aromatic N) is 1. The molecule has 0 amide bonds. The molecule has 0 fully saturated rings. The van der Waals surface area contributed by atoms with Crippen molar-refractivity contribution in [2.45, 2.75) is 32.4 Å². The number of hydrogen-bond donors (Lipinski definition) is 1. The average Bonchev–Trinajstić information content (AvgIpc) is 2.51. The SMILES string of the molecule is C[Si](C)(C)CCOCn1cc(C(=O)O)cc(-c2cccc(Cl)c2)c1=O. The molecule has 134 valence electrons. The van der Waals surface area contributed by atoms with Crippen molar-refractivity contribution in [3.63, 3.8) is 0 Å². The molecule has 0 aliphatic heterocycles. The zero-order chi connectivity index (χ0) is 18.6. The van der Waals surface area contributed by atoms with Crippen LogP contribution in [0.3, 0.4) is 0 Å². The quantitative estimate of drug-likeness (QED) is 0.578. The van der Waals surface area contributed by atoms with Crippen molar-refractivity contribution in [3.05, 3.63) is 57.5 Å². The molecule has 2 rings (SSSR count). The van der Waals surface area contributed by atoms with Crippen molar-refractivity contribution in [1.82, 2.24) is 4.57 Å². The number of ether oxygens (including phenoxy) is 1. The number of carboxylic acids is 1. The summed E-state index contributed by atoms with van der Waals surface area (Å²) in [6, 6.07) is 9.13. The van der Waals surface area contributed by atoms with Gasteiger partial charge in [-0.2, -0.15) is 0 Å².